The molecule has 0 aliphatic carbocycles. The van der Waals surface area contributed by atoms with Crippen molar-refractivity contribution in [2.24, 2.45) is 5.92 Å². The fraction of sp³-hybridized carbons (Fsp3) is 0.857. The maximum absolute atomic E-state index is 12.0. The van der Waals surface area contributed by atoms with Gasteiger partial charge in [0, 0.05) is 5.92 Å². The number of carbonyl (C=O) groups excluding carboxylic acids is 1. The van der Waals surface area contributed by atoms with Gasteiger partial charge in [0.1, 0.15) is 6.29 Å². The van der Waals surface area contributed by atoms with E-state index in [0.29, 0.717) is 6.29 Å². The van der Waals surface area contributed by atoms with E-state index in [2.05, 4.69) is 4.74 Å². The Morgan fingerprint density at radius 1 is 1.33 bits per heavy atom. The van der Waals surface area contributed by atoms with Crippen LogP contribution in [0, 0.1) is 5.92 Å². The van der Waals surface area contributed by atoms with Crippen LogP contribution in [0.3, 0.4) is 0 Å². The van der Waals surface area contributed by atoms with Gasteiger partial charge in [0.05, 0.1) is 6.61 Å². The van der Waals surface area contributed by atoms with Gasteiger partial charge in [0.25, 0.3) is 0 Å². The molecule has 0 aromatic rings. The smallest absolute Gasteiger partial charge is 0.368 e. The lowest BCUT2D eigenvalue weighted by molar-refractivity contribution is -0.234. The highest BCUT2D eigenvalue weighted by atomic mass is 19.4. The summed E-state index contributed by atoms with van der Waals surface area (Å²) in [4.78, 5) is 10.2. The quantitative estimate of drug-likeness (QED) is 0.575. The van der Waals surface area contributed by atoms with Gasteiger partial charge >= 0.3 is 6.18 Å². The highest BCUT2D eigenvalue weighted by Gasteiger charge is 2.42. The second kappa shape index (κ2) is 3.43. The number of hydrogen-bond acceptors (Lipinski definition) is 2. The van der Waals surface area contributed by atoms with Crippen LogP contribution in [0.25, 0.3) is 0 Å². The minimum absolute atomic E-state index is 0.103. The summed E-state index contributed by atoms with van der Waals surface area (Å²) in [5, 5.41) is 0. The second-order valence-electron chi connectivity index (χ2n) is 2.84. The van der Waals surface area contributed by atoms with Crippen molar-refractivity contribution in [1.82, 2.24) is 0 Å². The number of alkyl halides is 3. The molecule has 0 N–H and O–H groups in total. The summed E-state index contributed by atoms with van der Waals surface area (Å²) in [5.41, 5.74) is 0. The third kappa shape index (κ3) is 2.20. The zero-order valence-corrected chi connectivity index (χ0v) is 6.30. The van der Waals surface area contributed by atoms with E-state index in [1.54, 1.807) is 0 Å². The van der Waals surface area contributed by atoms with Gasteiger partial charge in [-0.05, 0) is 12.8 Å². The predicted octanol–water partition coefficient (Wildman–Crippen LogP) is 1.54. The van der Waals surface area contributed by atoms with Gasteiger partial charge in [-0.2, -0.15) is 13.2 Å². The summed E-state index contributed by atoms with van der Waals surface area (Å²) in [6.07, 6.45) is -5.14. The normalized spacial score (nSPS) is 31.6. The van der Waals surface area contributed by atoms with E-state index in [1.807, 2.05) is 0 Å². The lowest BCUT2D eigenvalue weighted by atomic mass is 10.00. The van der Waals surface area contributed by atoms with Crippen molar-refractivity contribution in [2.45, 2.75) is 25.1 Å². The van der Waals surface area contributed by atoms with E-state index in [0.717, 1.165) is 0 Å². The molecule has 0 radical (unpaired) electrons. The average Bonchev–Trinajstić information content (AvgIpc) is 2.03. The number of ether oxygens (including phenoxy) is 1. The first-order valence-electron chi connectivity index (χ1n) is 3.67. The maximum atomic E-state index is 12.0. The Morgan fingerprint density at radius 3 is 2.33 bits per heavy atom. The van der Waals surface area contributed by atoms with Crippen LogP contribution in [0.2, 0.25) is 0 Å². The average molecular weight is 182 g/mol. The summed E-state index contributed by atoms with van der Waals surface area (Å²) in [7, 11) is 0. The third-order valence-corrected chi connectivity index (χ3v) is 1.87. The van der Waals surface area contributed by atoms with E-state index in [-0.39, 0.29) is 25.4 Å². The van der Waals surface area contributed by atoms with Crippen molar-refractivity contribution in [3.63, 3.8) is 0 Å². The predicted molar refractivity (Wildman–Crippen MR) is 34.6 cm³/mol. The van der Waals surface area contributed by atoms with Crippen LogP contribution in [-0.4, -0.2) is 25.2 Å². The molecule has 0 saturated carbocycles. The fourth-order valence-electron chi connectivity index (χ4n) is 1.14. The monoisotopic (exact) mass is 182 g/mol. The van der Waals surface area contributed by atoms with Gasteiger partial charge < -0.3 is 9.53 Å². The molecular weight excluding hydrogens is 173 g/mol. The fourth-order valence-corrected chi connectivity index (χ4v) is 1.14. The Labute approximate surface area is 67.7 Å². The van der Waals surface area contributed by atoms with E-state index >= 15 is 0 Å². The molecule has 0 spiro atoms. The summed E-state index contributed by atoms with van der Waals surface area (Å²) in [6.45, 7) is -0.103. The molecular formula is C7H9F3O2. The molecule has 1 aliphatic rings. The van der Waals surface area contributed by atoms with E-state index in [9.17, 15) is 18.0 Å². The summed E-state index contributed by atoms with van der Waals surface area (Å²) in [6, 6.07) is 0. The van der Waals surface area contributed by atoms with Crippen LogP contribution < -0.4 is 0 Å². The molecule has 0 amide bonds. The molecule has 1 aliphatic heterocycles. The number of halogens is 3. The molecule has 0 aromatic carbocycles. The number of carbonyl (C=O) groups is 1. The van der Waals surface area contributed by atoms with E-state index in [1.165, 1.54) is 0 Å². The van der Waals surface area contributed by atoms with Gasteiger partial charge in [-0.1, -0.05) is 0 Å². The Morgan fingerprint density at radius 2 is 2.00 bits per heavy atom. The first-order valence-corrected chi connectivity index (χ1v) is 3.67. The Balaban J connectivity index is 2.41. The van der Waals surface area contributed by atoms with Crippen LogP contribution in [0.4, 0.5) is 13.2 Å². The van der Waals surface area contributed by atoms with Gasteiger partial charge in [-0.3, -0.25) is 0 Å². The van der Waals surface area contributed by atoms with Gasteiger partial charge in [-0.25, -0.2) is 0 Å². The minimum atomic E-state index is -4.28. The maximum Gasteiger partial charge on any atom is 0.414 e. The Kier molecular flexibility index (Phi) is 2.72. The molecule has 12 heavy (non-hydrogen) atoms. The molecule has 2 atom stereocenters. The molecule has 70 valence electrons. The van der Waals surface area contributed by atoms with Crippen molar-refractivity contribution < 1.29 is 22.7 Å². The molecule has 1 heterocycles. The summed E-state index contributed by atoms with van der Waals surface area (Å²) >= 11 is 0. The minimum Gasteiger partial charge on any atom is -0.368 e. The highest BCUT2D eigenvalue weighted by molar-refractivity contribution is 5.53. The van der Waals surface area contributed by atoms with Crippen LogP contribution >= 0.6 is 0 Å². The molecule has 0 aromatic heterocycles. The van der Waals surface area contributed by atoms with E-state index < -0.39 is 12.3 Å². The van der Waals surface area contributed by atoms with Gasteiger partial charge in [-0.15, -0.1) is 0 Å². The lowest BCUT2D eigenvalue weighted by Crippen LogP contribution is -2.37. The van der Waals surface area contributed by atoms with Crippen molar-refractivity contribution in [3.05, 3.63) is 0 Å². The van der Waals surface area contributed by atoms with Crippen LogP contribution in [0.1, 0.15) is 12.8 Å². The number of rotatable bonds is 1. The Bertz CT molecular complexity index is 159. The molecule has 1 rings (SSSR count). The molecule has 2 nitrogen and oxygen atoms in total. The molecule has 0 unspecified atom stereocenters. The first kappa shape index (κ1) is 9.51. The zero-order valence-electron chi connectivity index (χ0n) is 6.30. The van der Waals surface area contributed by atoms with Gasteiger partial charge in [0.2, 0.25) is 0 Å². The van der Waals surface area contributed by atoms with Gasteiger partial charge in [0.15, 0.2) is 6.10 Å². The molecule has 1 fully saturated rings. The Hall–Kier alpha value is -0.580. The van der Waals surface area contributed by atoms with Crippen molar-refractivity contribution in [2.75, 3.05) is 6.61 Å². The second-order valence-corrected chi connectivity index (χ2v) is 2.84. The molecule has 5 heteroatoms. The molecule has 1 saturated heterocycles. The SMILES string of the molecule is O=C[C@H]1CC[C@H](C(F)(F)F)OC1. The summed E-state index contributed by atoms with van der Waals surface area (Å²) in [5.74, 6) is -0.358. The molecule has 0 bridgehead atoms. The first-order chi connectivity index (χ1) is 5.54. The van der Waals surface area contributed by atoms with Crippen LogP contribution in [-0.2, 0) is 9.53 Å². The lowest BCUT2D eigenvalue weighted by Gasteiger charge is -2.27. The standard InChI is InChI=1S/C7H9F3O2/c8-7(9,10)6-2-1-5(3-11)4-12-6/h3,5-6H,1-2,4H2/t5-,6-/m1/s1. The van der Waals surface area contributed by atoms with Crippen molar-refractivity contribution in [1.29, 1.82) is 0 Å². The zero-order chi connectivity index (χ0) is 9.19. The van der Waals surface area contributed by atoms with Crippen molar-refractivity contribution in [3.8, 4) is 0 Å². The van der Waals surface area contributed by atoms with Crippen LogP contribution in [0.15, 0.2) is 0 Å². The largest absolute Gasteiger partial charge is 0.414 e. The topological polar surface area (TPSA) is 26.3 Å². The third-order valence-electron chi connectivity index (χ3n) is 1.87. The van der Waals surface area contributed by atoms with Crippen LogP contribution in [0.5, 0.6) is 0 Å². The highest BCUT2D eigenvalue weighted by Crippen LogP contribution is 2.30. The van der Waals surface area contributed by atoms with Crippen molar-refractivity contribution >= 4 is 6.29 Å². The van der Waals surface area contributed by atoms with E-state index in [4.69, 9.17) is 0 Å². The number of aldehydes is 1. The summed E-state index contributed by atoms with van der Waals surface area (Å²) < 4.78 is 40.4. The number of hydrogen-bond donors (Lipinski definition) is 0.